The highest BCUT2D eigenvalue weighted by Crippen LogP contribution is 2.23. The van der Waals surface area contributed by atoms with Gasteiger partial charge in [-0.3, -0.25) is 0 Å². The molecule has 6 heteroatoms. The van der Waals surface area contributed by atoms with E-state index in [0.717, 1.165) is 39.7 Å². The van der Waals surface area contributed by atoms with Crippen LogP contribution in [0.2, 0.25) is 0 Å². The molecule has 0 aliphatic carbocycles. The van der Waals surface area contributed by atoms with Gasteiger partial charge in [-0.1, -0.05) is 6.92 Å². The summed E-state index contributed by atoms with van der Waals surface area (Å²) >= 11 is 3.53. The van der Waals surface area contributed by atoms with Gasteiger partial charge in [0.25, 0.3) is 0 Å². The number of aromatic nitrogens is 4. The Bertz CT molecular complexity index is 554. The highest BCUT2D eigenvalue weighted by molar-refractivity contribution is 9.10. The van der Waals surface area contributed by atoms with Gasteiger partial charge in [0.2, 0.25) is 0 Å². The quantitative estimate of drug-likeness (QED) is 0.947. The summed E-state index contributed by atoms with van der Waals surface area (Å²) in [5.74, 6) is 2.40. The molecule has 0 spiro atoms. The normalized spacial score (nSPS) is 10.7. The average molecular weight is 310 g/mol. The van der Waals surface area contributed by atoms with E-state index in [4.69, 9.17) is 0 Å². The second kappa shape index (κ2) is 5.06. The van der Waals surface area contributed by atoms with Crippen molar-refractivity contribution < 1.29 is 0 Å². The van der Waals surface area contributed by atoms with Gasteiger partial charge in [0.05, 0.1) is 15.9 Å². The fraction of sp³-hybridized carbons (Fsp3) is 0.417. The minimum atomic E-state index is 0.789. The molecular formula is C12H16BrN5. The van der Waals surface area contributed by atoms with Gasteiger partial charge >= 0.3 is 0 Å². The number of halogens is 1. The molecule has 0 amide bonds. The number of nitrogens with one attached hydrogen (secondary N) is 1. The first kappa shape index (κ1) is 13.0. The lowest BCUT2D eigenvalue weighted by Crippen LogP contribution is -2.07. The lowest BCUT2D eigenvalue weighted by Gasteiger charge is -2.08. The molecule has 1 N–H and O–H groups in total. The third-order valence-electron chi connectivity index (χ3n) is 2.75. The van der Waals surface area contributed by atoms with Crippen LogP contribution in [-0.2, 0) is 6.42 Å². The Morgan fingerprint density at radius 2 is 2.06 bits per heavy atom. The maximum Gasteiger partial charge on any atom is 0.159 e. The van der Waals surface area contributed by atoms with E-state index in [-0.39, 0.29) is 0 Å². The van der Waals surface area contributed by atoms with Crippen LogP contribution in [0.5, 0.6) is 0 Å². The predicted molar refractivity (Wildman–Crippen MR) is 75.3 cm³/mol. The van der Waals surface area contributed by atoms with Crippen molar-refractivity contribution in [2.75, 3.05) is 12.4 Å². The van der Waals surface area contributed by atoms with Crippen molar-refractivity contribution in [1.29, 1.82) is 0 Å². The van der Waals surface area contributed by atoms with Crippen LogP contribution >= 0.6 is 15.9 Å². The van der Waals surface area contributed by atoms with Gasteiger partial charge in [-0.05, 0) is 29.8 Å². The zero-order chi connectivity index (χ0) is 13.3. The van der Waals surface area contributed by atoms with Crippen LogP contribution in [0.1, 0.15) is 24.1 Å². The summed E-state index contributed by atoms with van der Waals surface area (Å²) in [6.45, 7) is 6.01. The van der Waals surface area contributed by atoms with Gasteiger partial charge in [-0.25, -0.2) is 14.6 Å². The van der Waals surface area contributed by atoms with Crippen LogP contribution in [0.15, 0.2) is 10.5 Å². The van der Waals surface area contributed by atoms with Gasteiger partial charge in [0.15, 0.2) is 5.82 Å². The monoisotopic (exact) mass is 309 g/mol. The zero-order valence-electron chi connectivity index (χ0n) is 11.0. The first-order valence-corrected chi connectivity index (χ1v) is 6.64. The summed E-state index contributed by atoms with van der Waals surface area (Å²) in [6.07, 6.45) is 0.795. The average Bonchev–Trinajstić information content (AvgIpc) is 2.65. The van der Waals surface area contributed by atoms with Crippen molar-refractivity contribution in [3.05, 3.63) is 27.8 Å². The molecule has 0 aliphatic rings. The summed E-state index contributed by atoms with van der Waals surface area (Å²) in [5.41, 5.74) is 1.99. The number of hydrogen-bond donors (Lipinski definition) is 1. The van der Waals surface area contributed by atoms with E-state index in [1.807, 2.05) is 38.6 Å². The fourth-order valence-corrected chi connectivity index (χ4v) is 1.97. The minimum absolute atomic E-state index is 0.789. The Labute approximate surface area is 115 Å². The number of rotatable bonds is 3. The third kappa shape index (κ3) is 2.25. The van der Waals surface area contributed by atoms with Crippen LogP contribution in [-0.4, -0.2) is 26.8 Å². The lowest BCUT2D eigenvalue weighted by molar-refractivity contribution is 0.784. The van der Waals surface area contributed by atoms with Crippen molar-refractivity contribution in [2.24, 2.45) is 0 Å². The number of aryl methyl sites for hydroxylation is 2. The van der Waals surface area contributed by atoms with E-state index in [1.54, 1.807) is 0 Å². The smallest absolute Gasteiger partial charge is 0.159 e. The molecule has 0 unspecified atom stereocenters. The number of hydrogen-bond acceptors (Lipinski definition) is 4. The molecule has 5 nitrogen and oxygen atoms in total. The van der Waals surface area contributed by atoms with Gasteiger partial charge in [-0.15, -0.1) is 0 Å². The zero-order valence-corrected chi connectivity index (χ0v) is 12.5. The number of anilines is 1. The molecule has 96 valence electrons. The van der Waals surface area contributed by atoms with Crippen LogP contribution in [0.3, 0.4) is 0 Å². The fourth-order valence-electron chi connectivity index (χ4n) is 1.72. The molecule has 2 aromatic rings. The minimum Gasteiger partial charge on any atom is -0.373 e. The van der Waals surface area contributed by atoms with Crippen LogP contribution in [0.4, 0.5) is 5.82 Å². The Balaban J connectivity index is 2.59. The van der Waals surface area contributed by atoms with Crippen LogP contribution in [0, 0.1) is 13.8 Å². The lowest BCUT2D eigenvalue weighted by atomic mass is 10.4. The van der Waals surface area contributed by atoms with Crippen LogP contribution in [0.25, 0.3) is 5.82 Å². The van der Waals surface area contributed by atoms with Crippen molar-refractivity contribution in [2.45, 2.75) is 27.2 Å². The van der Waals surface area contributed by atoms with Gasteiger partial charge in [0.1, 0.15) is 11.6 Å². The van der Waals surface area contributed by atoms with Crippen molar-refractivity contribution in [1.82, 2.24) is 19.7 Å². The first-order chi connectivity index (χ1) is 8.56. The summed E-state index contributed by atoms with van der Waals surface area (Å²) in [6, 6.07) is 1.89. The molecule has 0 radical (unpaired) electrons. The molecular weight excluding hydrogens is 294 g/mol. The van der Waals surface area contributed by atoms with Gasteiger partial charge in [-0.2, -0.15) is 5.10 Å². The second-order valence-electron chi connectivity index (χ2n) is 4.03. The topological polar surface area (TPSA) is 55.6 Å². The van der Waals surface area contributed by atoms with Crippen LogP contribution < -0.4 is 5.32 Å². The Morgan fingerprint density at radius 3 is 2.56 bits per heavy atom. The molecule has 0 fully saturated rings. The molecule has 0 bridgehead atoms. The second-order valence-corrected chi connectivity index (χ2v) is 4.82. The molecule has 2 rings (SSSR count). The molecule has 0 saturated heterocycles. The molecule has 0 atom stereocenters. The van der Waals surface area contributed by atoms with E-state index in [2.05, 4.69) is 36.3 Å². The van der Waals surface area contributed by atoms with Crippen molar-refractivity contribution in [3.63, 3.8) is 0 Å². The van der Waals surface area contributed by atoms with Crippen molar-refractivity contribution in [3.8, 4) is 5.82 Å². The summed E-state index contributed by atoms with van der Waals surface area (Å²) in [5, 5.41) is 7.53. The molecule has 0 aromatic carbocycles. The van der Waals surface area contributed by atoms with E-state index in [9.17, 15) is 0 Å². The highest BCUT2D eigenvalue weighted by atomic mass is 79.9. The summed E-state index contributed by atoms with van der Waals surface area (Å²) in [4.78, 5) is 8.89. The highest BCUT2D eigenvalue weighted by Gasteiger charge is 2.12. The van der Waals surface area contributed by atoms with Gasteiger partial charge < -0.3 is 5.32 Å². The first-order valence-electron chi connectivity index (χ1n) is 5.84. The van der Waals surface area contributed by atoms with Gasteiger partial charge in [0, 0.05) is 19.5 Å². The maximum absolute atomic E-state index is 4.51. The molecule has 2 heterocycles. The molecule has 2 aromatic heterocycles. The standard InChI is InChI=1S/C12H16BrN5/c1-5-9-15-10(14-4)6-11(16-9)18-8(3)12(13)7(2)17-18/h6H,5H2,1-4H3,(H,14,15,16). The Hall–Kier alpha value is -1.43. The molecule has 0 aliphatic heterocycles. The maximum atomic E-state index is 4.51. The van der Waals surface area contributed by atoms with E-state index < -0.39 is 0 Å². The summed E-state index contributed by atoms with van der Waals surface area (Å²) < 4.78 is 2.85. The van der Waals surface area contributed by atoms with E-state index >= 15 is 0 Å². The Morgan fingerprint density at radius 1 is 1.33 bits per heavy atom. The Kier molecular flexibility index (Phi) is 3.65. The predicted octanol–water partition coefficient (Wildman–Crippen LogP) is 2.65. The van der Waals surface area contributed by atoms with E-state index in [0.29, 0.717) is 0 Å². The largest absolute Gasteiger partial charge is 0.373 e. The molecule has 18 heavy (non-hydrogen) atoms. The third-order valence-corrected chi connectivity index (χ3v) is 3.90. The summed E-state index contributed by atoms with van der Waals surface area (Å²) in [7, 11) is 1.85. The van der Waals surface area contributed by atoms with Crippen molar-refractivity contribution >= 4 is 21.7 Å². The molecule has 0 saturated carbocycles. The van der Waals surface area contributed by atoms with E-state index in [1.165, 1.54) is 0 Å². The SMILES string of the molecule is CCc1nc(NC)cc(-n2nc(C)c(Br)c2C)n1. The number of nitrogens with zero attached hydrogens (tertiary/aromatic N) is 4.